The second-order valence-corrected chi connectivity index (χ2v) is 6.89. The summed E-state index contributed by atoms with van der Waals surface area (Å²) < 4.78 is 43.7. The summed E-state index contributed by atoms with van der Waals surface area (Å²) in [5.74, 6) is 0.487. The zero-order valence-corrected chi connectivity index (χ0v) is 17.2. The molecule has 0 saturated carbocycles. The topological polar surface area (TPSA) is 97.0 Å². The van der Waals surface area contributed by atoms with Crippen LogP contribution < -0.4 is 15.6 Å². The van der Waals surface area contributed by atoms with Gasteiger partial charge in [-0.15, -0.1) is 10.2 Å². The van der Waals surface area contributed by atoms with Crippen molar-refractivity contribution in [2.75, 3.05) is 6.61 Å². The Morgan fingerprint density at radius 2 is 1.91 bits per heavy atom. The first-order valence-electron chi connectivity index (χ1n) is 9.88. The molecule has 0 spiro atoms. The smallest absolute Gasteiger partial charge is 0.416 e. The molecule has 0 atom stereocenters. The van der Waals surface area contributed by atoms with Gasteiger partial charge in [-0.05, 0) is 36.8 Å². The number of rotatable bonds is 8. The van der Waals surface area contributed by atoms with E-state index in [1.807, 2.05) is 6.92 Å². The summed E-state index contributed by atoms with van der Waals surface area (Å²) in [6, 6.07) is 11.8. The first-order valence-corrected chi connectivity index (χ1v) is 9.88. The van der Waals surface area contributed by atoms with Crippen molar-refractivity contribution in [3.05, 3.63) is 75.7 Å². The van der Waals surface area contributed by atoms with Gasteiger partial charge in [0.05, 0.1) is 12.2 Å². The Hall–Kier alpha value is -3.69. The van der Waals surface area contributed by atoms with E-state index in [1.165, 1.54) is 12.1 Å². The van der Waals surface area contributed by atoms with Crippen LogP contribution >= 0.6 is 0 Å². The lowest BCUT2D eigenvalue weighted by atomic mass is 10.1. The third-order valence-electron chi connectivity index (χ3n) is 4.52. The van der Waals surface area contributed by atoms with Gasteiger partial charge >= 0.3 is 6.18 Å². The van der Waals surface area contributed by atoms with E-state index in [-0.39, 0.29) is 30.9 Å². The Morgan fingerprint density at radius 3 is 2.62 bits per heavy atom. The van der Waals surface area contributed by atoms with Crippen molar-refractivity contribution in [1.29, 1.82) is 0 Å². The molecule has 1 heterocycles. The lowest BCUT2D eigenvalue weighted by molar-refractivity contribution is -0.137. The summed E-state index contributed by atoms with van der Waals surface area (Å²) in [6.45, 7) is 2.30. The average molecular weight is 446 g/mol. The summed E-state index contributed by atoms with van der Waals surface area (Å²) in [5, 5.41) is 10.5. The van der Waals surface area contributed by atoms with E-state index in [0.717, 1.165) is 12.1 Å². The van der Waals surface area contributed by atoms with Gasteiger partial charge in [-0.2, -0.15) is 13.2 Å². The fourth-order valence-electron chi connectivity index (χ4n) is 2.93. The minimum atomic E-state index is -4.45. The number of aromatic amines is 1. The zero-order chi connectivity index (χ0) is 23.1. The third-order valence-corrected chi connectivity index (χ3v) is 4.52. The van der Waals surface area contributed by atoms with E-state index in [1.54, 1.807) is 24.3 Å². The van der Waals surface area contributed by atoms with Gasteiger partial charge in [-0.25, -0.2) is 0 Å². The van der Waals surface area contributed by atoms with Crippen molar-refractivity contribution in [1.82, 2.24) is 20.5 Å². The molecule has 0 aliphatic rings. The molecule has 0 saturated heterocycles. The highest BCUT2D eigenvalue weighted by atomic mass is 19.4. The van der Waals surface area contributed by atoms with Gasteiger partial charge in [0.2, 0.25) is 5.91 Å². The second-order valence-electron chi connectivity index (χ2n) is 6.89. The van der Waals surface area contributed by atoms with Crippen LogP contribution in [0, 0.1) is 0 Å². The Balaban J connectivity index is 1.57. The zero-order valence-electron chi connectivity index (χ0n) is 17.2. The maximum absolute atomic E-state index is 12.8. The highest BCUT2D eigenvalue weighted by molar-refractivity contribution is 5.76. The van der Waals surface area contributed by atoms with E-state index in [9.17, 15) is 22.8 Å². The molecule has 2 aromatic carbocycles. The molecule has 0 radical (unpaired) electrons. The number of ether oxygens (including phenoxy) is 1. The number of H-pyrrole nitrogens is 1. The molecule has 0 aliphatic carbocycles. The predicted octanol–water partition coefficient (Wildman–Crippen LogP) is 3.50. The van der Waals surface area contributed by atoms with Gasteiger partial charge in [-0.1, -0.05) is 24.3 Å². The molecule has 0 aliphatic heterocycles. The molecule has 2 N–H and O–H groups in total. The Morgan fingerprint density at radius 1 is 1.12 bits per heavy atom. The van der Waals surface area contributed by atoms with Crippen LogP contribution in [0.2, 0.25) is 0 Å². The largest absolute Gasteiger partial charge is 0.494 e. The fourth-order valence-corrected chi connectivity index (χ4v) is 2.93. The number of benzene rings is 2. The number of amides is 1. The summed E-state index contributed by atoms with van der Waals surface area (Å²) in [7, 11) is 0. The molecule has 3 aromatic rings. The summed E-state index contributed by atoms with van der Waals surface area (Å²) >= 11 is 0. The molecule has 1 aromatic heterocycles. The maximum Gasteiger partial charge on any atom is 0.416 e. The Bertz CT molecular complexity index is 1150. The van der Waals surface area contributed by atoms with Crippen LogP contribution in [-0.2, 0) is 23.9 Å². The van der Waals surface area contributed by atoms with E-state index < -0.39 is 23.2 Å². The van der Waals surface area contributed by atoms with Crippen LogP contribution in [0.3, 0.4) is 0 Å². The number of carbonyl (C=O) groups is 1. The van der Waals surface area contributed by atoms with Crippen LogP contribution in [0.1, 0.15) is 30.2 Å². The number of aromatic nitrogens is 3. The lowest BCUT2D eigenvalue weighted by Gasteiger charge is -2.09. The first-order chi connectivity index (χ1) is 15.3. The number of nitrogens with zero attached hydrogens (tertiary/aromatic N) is 2. The van der Waals surface area contributed by atoms with Gasteiger partial charge in [0.1, 0.15) is 11.4 Å². The van der Waals surface area contributed by atoms with E-state index in [2.05, 4.69) is 20.5 Å². The molecule has 168 valence electrons. The molecular weight excluding hydrogens is 425 g/mol. The van der Waals surface area contributed by atoms with Crippen LogP contribution in [0.5, 0.6) is 5.75 Å². The van der Waals surface area contributed by atoms with Crippen molar-refractivity contribution in [2.24, 2.45) is 0 Å². The lowest BCUT2D eigenvalue weighted by Crippen LogP contribution is -2.25. The van der Waals surface area contributed by atoms with Crippen LogP contribution in [0.15, 0.2) is 53.3 Å². The quantitative estimate of drug-likeness (QED) is 0.552. The molecular formula is C22H21F3N4O3. The maximum atomic E-state index is 12.8. The average Bonchev–Trinajstić information content (AvgIpc) is 2.77. The predicted molar refractivity (Wildman–Crippen MR) is 111 cm³/mol. The monoisotopic (exact) mass is 446 g/mol. The standard InChI is InChI=1S/C22H21F3N4O3/c1-2-32-17-8-4-6-15(12-17)20-27-21(31)18(28-29-20)9-10-19(30)26-13-14-5-3-7-16(11-14)22(23,24)25/h3-8,11-12H,2,9-10,13H2,1H3,(H,26,30)(H,27,29,31). The minimum absolute atomic E-state index is 0.0377. The van der Waals surface area contributed by atoms with E-state index in [4.69, 9.17) is 4.74 Å². The van der Waals surface area contributed by atoms with Crippen LogP contribution in [0.4, 0.5) is 13.2 Å². The van der Waals surface area contributed by atoms with Gasteiger partial charge in [0, 0.05) is 24.9 Å². The summed E-state index contributed by atoms with van der Waals surface area (Å²) in [5.41, 5.74) is -0.209. The molecule has 32 heavy (non-hydrogen) atoms. The number of hydrogen-bond acceptors (Lipinski definition) is 5. The van der Waals surface area contributed by atoms with Crippen molar-refractivity contribution >= 4 is 5.91 Å². The normalized spacial score (nSPS) is 11.2. The van der Waals surface area contributed by atoms with Crippen molar-refractivity contribution in [2.45, 2.75) is 32.5 Å². The van der Waals surface area contributed by atoms with Crippen LogP contribution in [0.25, 0.3) is 11.4 Å². The van der Waals surface area contributed by atoms with Gasteiger partial charge < -0.3 is 15.0 Å². The molecule has 3 rings (SSSR count). The van der Waals surface area contributed by atoms with Crippen molar-refractivity contribution < 1.29 is 22.7 Å². The molecule has 10 heteroatoms. The SMILES string of the molecule is CCOc1cccc(-c2nnc(CCC(=O)NCc3cccc(C(F)(F)F)c3)c(=O)[nH]2)c1. The fraction of sp³-hybridized carbons (Fsp3) is 0.273. The van der Waals surface area contributed by atoms with Crippen molar-refractivity contribution in [3.8, 4) is 17.1 Å². The number of nitrogens with one attached hydrogen (secondary N) is 2. The number of hydrogen-bond donors (Lipinski definition) is 2. The first kappa shape index (κ1) is 23.0. The molecule has 0 bridgehead atoms. The number of halogens is 3. The highest BCUT2D eigenvalue weighted by Crippen LogP contribution is 2.29. The van der Waals surface area contributed by atoms with Gasteiger partial charge in [-0.3, -0.25) is 9.59 Å². The summed E-state index contributed by atoms with van der Waals surface area (Å²) in [4.78, 5) is 27.0. The van der Waals surface area contributed by atoms with Gasteiger partial charge in [0.25, 0.3) is 5.56 Å². The van der Waals surface area contributed by atoms with E-state index in [0.29, 0.717) is 23.5 Å². The molecule has 0 fully saturated rings. The Labute approximate surface area is 181 Å². The summed E-state index contributed by atoms with van der Waals surface area (Å²) in [6.07, 6.45) is -4.47. The molecule has 7 nitrogen and oxygen atoms in total. The van der Waals surface area contributed by atoms with E-state index >= 15 is 0 Å². The van der Waals surface area contributed by atoms with Crippen LogP contribution in [-0.4, -0.2) is 27.7 Å². The molecule has 0 unspecified atom stereocenters. The number of carbonyl (C=O) groups excluding carboxylic acids is 1. The van der Waals surface area contributed by atoms with Gasteiger partial charge in [0.15, 0.2) is 5.82 Å². The number of aryl methyl sites for hydroxylation is 1. The third kappa shape index (κ3) is 6.16. The minimum Gasteiger partial charge on any atom is -0.494 e. The molecule has 1 amide bonds. The Kier molecular flexibility index (Phi) is 7.24. The second kappa shape index (κ2) is 10.1. The highest BCUT2D eigenvalue weighted by Gasteiger charge is 2.30. The van der Waals surface area contributed by atoms with Crippen molar-refractivity contribution in [3.63, 3.8) is 0 Å². The number of alkyl halides is 3.